The number of fused-ring (bicyclic) bond motifs is 4. The smallest absolute Gasteiger partial charge is 0.220 e. The number of halogens is 1. The van der Waals surface area contributed by atoms with E-state index in [0.29, 0.717) is 6.54 Å². The summed E-state index contributed by atoms with van der Waals surface area (Å²) >= 11 is 0. The lowest BCUT2D eigenvalue weighted by molar-refractivity contribution is -0.131. The van der Waals surface area contributed by atoms with Gasteiger partial charge in [-0.2, -0.15) is 0 Å². The molecule has 0 radical (unpaired) electrons. The molecule has 25 heavy (non-hydrogen) atoms. The van der Waals surface area contributed by atoms with E-state index < -0.39 is 0 Å². The number of rotatable bonds is 1. The Morgan fingerprint density at radius 1 is 1.40 bits per heavy atom. The van der Waals surface area contributed by atoms with Crippen molar-refractivity contribution >= 4 is 16.9 Å². The van der Waals surface area contributed by atoms with Gasteiger partial charge in [-0.15, -0.1) is 0 Å². The Kier molecular flexibility index (Phi) is 2.84. The molecule has 1 unspecified atom stereocenters. The molecule has 1 spiro atoms. The second-order valence-electron chi connectivity index (χ2n) is 7.08. The molecule has 1 aliphatic heterocycles. The molecule has 5 rings (SSSR count). The van der Waals surface area contributed by atoms with E-state index in [2.05, 4.69) is 15.0 Å². The molecule has 0 saturated heterocycles. The fourth-order valence-electron chi connectivity index (χ4n) is 4.23. The Balaban J connectivity index is 1.80. The van der Waals surface area contributed by atoms with Crippen LogP contribution in [-0.2, 0) is 10.2 Å². The maximum absolute atomic E-state index is 13.9. The number of aromatic amines is 1. The molecular weight excluding hydrogens is 319 g/mol. The molecule has 3 heterocycles. The summed E-state index contributed by atoms with van der Waals surface area (Å²) in [7, 11) is 0. The molecule has 2 aromatic heterocycles. The van der Waals surface area contributed by atoms with Gasteiger partial charge in [0.15, 0.2) is 0 Å². The van der Waals surface area contributed by atoms with Gasteiger partial charge in [-0.25, -0.2) is 14.4 Å². The van der Waals surface area contributed by atoms with Gasteiger partial charge < -0.3 is 9.88 Å². The topological polar surface area (TPSA) is 61.9 Å². The van der Waals surface area contributed by atoms with Crippen LogP contribution >= 0.6 is 0 Å². The molecule has 2 aliphatic rings. The number of H-pyrrole nitrogens is 1. The molecular formula is C19H17FN4O. The molecule has 5 nitrogen and oxygen atoms in total. The lowest BCUT2D eigenvalue weighted by atomic mass is 9.84. The highest BCUT2D eigenvalue weighted by molar-refractivity contribution is 5.84. The quantitative estimate of drug-likeness (QED) is 0.743. The number of hydrogen-bond donors (Lipinski definition) is 1. The monoisotopic (exact) mass is 336 g/mol. The minimum Gasteiger partial charge on any atom is -0.354 e. The summed E-state index contributed by atoms with van der Waals surface area (Å²) in [6, 6.07) is 6.16. The fraction of sp³-hybridized carbons (Fsp3) is 0.316. The molecule has 1 fully saturated rings. The number of nitrogens with zero attached hydrogens (tertiary/aromatic N) is 3. The molecule has 0 bridgehead atoms. The molecule has 1 saturated carbocycles. The summed E-state index contributed by atoms with van der Waals surface area (Å²) in [5, 5.41) is 0. The van der Waals surface area contributed by atoms with Crippen LogP contribution in [0, 0.1) is 5.82 Å². The van der Waals surface area contributed by atoms with Crippen LogP contribution in [0.2, 0.25) is 0 Å². The summed E-state index contributed by atoms with van der Waals surface area (Å²) in [5.41, 5.74) is 4.65. The van der Waals surface area contributed by atoms with Crippen LogP contribution in [0.4, 0.5) is 4.39 Å². The van der Waals surface area contributed by atoms with Crippen molar-refractivity contribution in [2.45, 2.75) is 31.2 Å². The molecule has 1 N–H and O–H groups in total. The Hall–Kier alpha value is -2.76. The van der Waals surface area contributed by atoms with Gasteiger partial charge in [-0.3, -0.25) is 4.79 Å². The number of benzene rings is 1. The van der Waals surface area contributed by atoms with Crippen molar-refractivity contribution in [3.63, 3.8) is 0 Å². The van der Waals surface area contributed by atoms with E-state index in [1.165, 1.54) is 17.7 Å². The maximum Gasteiger partial charge on any atom is 0.220 e. The molecule has 1 amide bonds. The predicted octanol–water partition coefficient (Wildman–Crippen LogP) is 3.08. The first kappa shape index (κ1) is 14.6. The highest BCUT2D eigenvalue weighted by atomic mass is 19.1. The van der Waals surface area contributed by atoms with Crippen molar-refractivity contribution in [1.29, 1.82) is 0 Å². The van der Waals surface area contributed by atoms with E-state index >= 15 is 0 Å². The van der Waals surface area contributed by atoms with Crippen LogP contribution in [0.15, 0.2) is 36.8 Å². The summed E-state index contributed by atoms with van der Waals surface area (Å²) in [6.45, 7) is 2.23. The summed E-state index contributed by atoms with van der Waals surface area (Å²) in [4.78, 5) is 26.3. The van der Waals surface area contributed by atoms with Crippen LogP contribution < -0.4 is 0 Å². The highest BCUT2D eigenvalue weighted by Gasteiger charge is 2.54. The Morgan fingerprint density at radius 2 is 2.24 bits per heavy atom. The number of carbonyl (C=O) groups is 1. The minimum atomic E-state index is -0.330. The number of hydrogen-bond acceptors (Lipinski definition) is 3. The number of nitrogens with one attached hydrogen (secondary N) is 1. The van der Waals surface area contributed by atoms with Gasteiger partial charge in [-0.1, -0.05) is 12.1 Å². The third kappa shape index (κ3) is 2.03. The molecule has 3 aromatic rings. The van der Waals surface area contributed by atoms with Crippen LogP contribution in [0.1, 0.15) is 42.6 Å². The Labute approximate surface area is 143 Å². The lowest BCUT2D eigenvalue weighted by Gasteiger charge is -2.40. The first-order valence-corrected chi connectivity index (χ1v) is 8.44. The van der Waals surface area contributed by atoms with Crippen molar-refractivity contribution in [3.8, 4) is 0 Å². The maximum atomic E-state index is 13.9. The Morgan fingerprint density at radius 3 is 2.96 bits per heavy atom. The van der Waals surface area contributed by atoms with E-state index in [0.717, 1.165) is 35.1 Å². The van der Waals surface area contributed by atoms with Gasteiger partial charge in [0, 0.05) is 30.1 Å². The van der Waals surface area contributed by atoms with Crippen LogP contribution in [0.25, 0.3) is 11.0 Å². The highest BCUT2D eigenvalue weighted by Crippen LogP contribution is 2.57. The van der Waals surface area contributed by atoms with Crippen molar-refractivity contribution in [3.05, 3.63) is 59.4 Å². The van der Waals surface area contributed by atoms with Crippen LogP contribution in [-0.4, -0.2) is 32.3 Å². The second kappa shape index (κ2) is 4.88. The fourth-order valence-corrected chi connectivity index (χ4v) is 4.23. The third-order valence-corrected chi connectivity index (χ3v) is 5.50. The predicted molar refractivity (Wildman–Crippen MR) is 90.4 cm³/mol. The molecule has 6 heteroatoms. The summed E-state index contributed by atoms with van der Waals surface area (Å²) < 4.78 is 13.9. The number of aromatic nitrogens is 3. The zero-order valence-corrected chi connectivity index (χ0v) is 13.8. The van der Waals surface area contributed by atoms with Gasteiger partial charge in [0.25, 0.3) is 0 Å². The zero-order chi connectivity index (χ0) is 17.2. The van der Waals surface area contributed by atoms with E-state index in [9.17, 15) is 9.18 Å². The van der Waals surface area contributed by atoms with E-state index in [4.69, 9.17) is 0 Å². The van der Waals surface area contributed by atoms with E-state index in [-0.39, 0.29) is 23.2 Å². The average molecular weight is 336 g/mol. The molecule has 1 aliphatic carbocycles. The van der Waals surface area contributed by atoms with Crippen molar-refractivity contribution in [2.24, 2.45) is 0 Å². The van der Waals surface area contributed by atoms with Crippen molar-refractivity contribution < 1.29 is 9.18 Å². The first-order chi connectivity index (χ1) is 12.1. The summed E-state index contributed by atoms with van der Waals surface area (Å²) in [5.74, 6) is -0.305. The van der Waals surface area contributed by atoms with Crippen LogP contribution in [0.5, 0.6) is 0 Å². The first-order valence-electron chi connectivity index (χ1n) is 8.44. The SMILES string of the molecule is CC(=O)N1CC2(CC2)c2c([nH]c3cncnc23)C1c1cccc(F)c1. The van der Waals surface area contributed by atoms with Gasteiger partial charge in [0.1, 0.15) is 12.1 Å². The summed E-state index contributed by atoms with van der Waals surface area (Å²) in [6.07, 6.45) is 5.39. The normalized spacial score (nSPS) is 20.7. The number of amides is 1. The minimum absolute atomic E-state index is 0.00377. The Bertz CT molecular complexity index is 1010. The second-order valence-corrected chi connectivity index (χ2v) is 7.08. The molecule has 1 aromatic carbocycles. The molecule has 1 atom stereocenters. The lowest BCUT2D eigenvalue weighted by Crippen LogP contribution is -2.44. The third-order valence-electron chi connectivity index (χ3n) is 5.50. The van der Waals surface area contributed by atoms with Crippen molar-refractivity contribution in [1.82, 2.24) is 19.9 Å². The van der Waals surface area contributed by atoms with Gasteiger partial charge in [-0.05, 0) is 30.5 Å². The average Bonchev–Trinajstić information content (AvgIpc) is 3.24. The number of carbonyl (C=O) groups excluding carboxylic acids is 1. The standard InChI is InChI=1S/C19H17FN4O/c1-11(25)24-9-19(5-6-19)15-16-14(8-21-10-22-16)23-17(15)18(24)12-3-2-4-13(20)7-12/h2-4,7-8,10,18,23H,5-6,9H2,1H3. The largest absolute Gasteiger partial charge is 0.354 e. The van der Waals surface area contributed by atoms with Gasteiger partial charge in [0.05, 0.1) is 23.3 Å². The van der Waals surface area contributed by atoms with Gasteiger partial charge >= 0.3 is 0 Å². The zero-order valence-electron chi connectivity index (χ0n) is 13.8. The van der Waals surface area contributed by atoms with E-state index in [1.54, 1.807) is 25.5 Å². The van der Waals surface area contributed by atoms with Gasteiger partial charge in [0.2, 0.25) is 5.91 Å². The van der Waals surface area contributed by atoms with E-state index in [1.807, 2.05) is 11.0 Å². The van der Waals surface area contributed by atoms with Crippen LogP contribution in [0.3, 0.4) is 0 Å². The van der Waals surface area contributed by atoms with Crippen molar-refractivity contribution in [2.75, 3.05) is 6.54 Å². The molecule has 126 valence electrons.